The molecule has 0 spiro atoms. The Morgan fingerprint density at radius 3 is 1.12 bits per heavy atom. The van der Waals surface area contributed by atoms with Crippen molar-refractivity contribution >= 4 is 17.9 Å². The van der Waals surface area contributed by atoms with Crippen LogP contribution in [0, 0.1) is 0 Å². The number of ether oxygens (including phenoxy) is 11. The maximum Gasteiger partial charge on any atom is 0.338 e. The highest BCUT2D eigenvalue weighted by molar-refractivity contribution is 5.91. The quantitative estimate of drug-likeness (QED) is 0.0441. The van der Waals surface area contributed by atoms with Crippen molar-refractivity contribution in [2.75, 3.05) is 20.3 Å². The molecule has 14 heteroatoms. The molecule has 0 N–H and O–H groups in total. The normalized spacial score (nSPS) is 23.2. The van der Waals surface area contributed by atoms with Gasteiger partial charge in [-0.05, 0) is 58.7 Å². The summed E-state index contributed by atoms with van der Waals surface area (Å²) >= 11 is 0. The third kappa shape index (κ3) is 14.5. The van der Waals surface area contributed by atoms with Gasteiger partial charge in [-0.2, -0.15) is 0 Å². The molecule has 9 rings (SSSR count). The Labute approximate surface area is 442 Å². The first-order valence-electron chi connectivity index (χ1n) is 25.2. The molecule has 0 bridgehead atoms. The molecule has 2 aliphatic heterocycles. The highest BCUT2D eigenvalue weighted by atomic mass is 16.8. The smallest absolute Gasteiger partial charge is 0.338 e. The zero-order valence-corrected chi connectivity index (χ0v) is 41.9. The number of carbonyl (C=O) groups is 3. The molecule has 2 fully saturated rings. The molecule has 2 aliphatic rings. The van der Waals surface area contributed by atoms with Crippen molar-refractivity contribution < 1.29 is 66.5 Å². The van der Waals surface area contributed by atoms with Crippen molar-refractivity contribution in [2.24, 2.45) is 0 Å². The van der Waals surface area contributed by atoms with E-state index in [1.807, 2.05) is 121 Å². The van der Waals surface area contributed by atoms with Gasteiger partial charge in [0.1, 0.15) is 30.5 Å². The van der Waals surface area contributed by atoms with Crippen molar-refractivity contribution in [3.05, 3.63) is 251 Å². The molecule has 7 aromatic carbocycles. The summed E-state index contributed by atoms with van der Waals surface area (Å²) < 4.78 is 72.2. The number of rotatable bonds is 23. The van der Waals surface area contributed by atoms with Gasteiger partial charge in [-0.15, -0.1) is 0 Å². The number of methoxy groups -OCH3 is 1. The molecule has 7 aromatic rings. The van der Waals surface area contributed by atoms with Gasteiger partial charge < -0.3 is 52.1 Å². The highest BCUT2D eigenvalue weighted by Crippen LogP contribution is 2.35. The molecule has 0 radical (unpaired) electrons. The Bertz CT molecular complexity index is 2830. The average Bonchev–Trinajstić information content (AvgIpc) is 3.48. The van der Waals surface area contributed by atoms with Crippen LogP contribution in [-0.4, -0.2) is 99.6 Å². The lowest BCUT2D eigenvalue weighted by Gasteiger charge is -2.47. The first kappa shape index (κ1) is 53.5. The lowest BCUT2D eigenvalue weighted by atomic mass is 9.96. The lowest BCUT2D eigenvalue weighted by molar-refractivity contribution is -0.343. The molecule has 10 atom stereocenters. The van der Waals surface area contributed by atoms with Gasteiger partial charge in [0.15, 0.2) is 30.9 Å². The standard InChI is InChI=1S/C62H60O14/c1-66-61-57(76-60(65)49-35-21-8-22-36-49)55(75-59(64)48-33-19-7-20-34-48)53(74-58(63)47-31-17-6-18-32-47)51(72-61)42-71-62-56(70-40-46-29-15-5-16-30-46)54(69-39-45-27-13-4-14-28-45)52(68-38-44-25-11-3-12-26-44)50(73-62)41-67-37-43-23-9-2-10-24-43/h2-36,50-57,61-62H,37-42H2,1H3/t50-,51-,52-,53+,54+,55+,56-,57-,61-,62?/m1/s1. The molecular formula is C62H60O14. The number of hydrogen-bond donors (Lipinski definition) is 0. The summed E-state index contributed by atoms with van der Waals surface area (Å²) in [4.78, 5) is 42.3. The average molecular weight is 1030 g/mol. The molecule has 0 aliphatic carbocycles. The Morgan fingerprint density at radius 2 is 0.684 bits per heavy atom. The molecule has 0 saturated carbocycles. The number of carbonyl (C=O) groups excluding carboxylic acids is 3. The fourth-order valence-corrected chi connectivity index (χ4v) is 8.97. The van der Waals surface area contributed by atoms with Crippen LogP contribution >= 0.6 is 0 Å². The van der Waals surface area contributed by atoms with Crippen LogP contribution in [0.25, 0.3) is 0 Å². The van der Waals surface area contributed by atoms with Gasteiger partial charge in [0, 0.05) is 7.11 Å². The Hall–Kier alpha value is -7.37. The fraction of sp³-hybridized carbons (Fsp3) is 0.274. The Kier molecular flexibility index (Phi) is 19.3. The minimum absolute atomic E-state index is 0.0553. The zero-order valence-electron chi connectivity index (χ0n) is 41.9. The van der Waals surface area contributed by atoms with Crippen LogP contribution in [0.15, 0.2) is 212 Å². The van der Waals surface area contributed by atoms with Crippen LogP contribution in [0.1, 0.15) is 53.3 Å². The van der Waals surface area contributed by atoms with E-state index in [2.05, 4.69) is 0 Å². The topological polar surface area (TPSA) is 153 Å². The maximum atomic E-state index is 14.2. The number of hydrogen-bond acceptors (Lipinski definition) is 14. The predicted octanol–water partition coefficient (Wildman–Crippen LogP) is 9.75. The summed E-state index contributed by atoms with van der Waals surface area (Å²) in [5.41, 5.74) is 4.28. The van der Waals surface area contributed by atoms with E-state index in [-0.39, 0.29) is 56.3 Å². The summed E-state index contributed by atoms with van der Waals surface area (Å²) in [6.07, 6.45) is -11.7. The SMILES string of the molecule is CO[C@@H]1O[C@H](COC2O[C@H](COCc3ccccc3)[C@@H](OCc3ccccc3)[C@H](OCc3ccccc3)[C@H]2OCc2ccccc2)[C@H](OC(=O)c2ccccc2)[C@H](OC(=O)c2ccccc2)[C@H]1OC(=O)c1ccccc1. The van der Waals surface area contributed by atoms with Crippen LogP contribution < -0.4 is 0 Å². The molecule has 392 valence electrons. The molecule has 2 saturated heterocycles. The zero-order chi connectivity index (χ0) is 52.3. The van der Waals surface area contributed by atoms with Gasteiger partial charge in [0.05, 0.1) is 56.3 Å². The van der Waals surface area contributed by atoms with Gasteiger partial charge in [0.2, 0.25) is 0 Å². The van der Waals surface area contributed by atoms with Crippen LogP contribution in [0.3, 0.4) is 0 Å². The van der Waals surface area contributed by atoms with Gasteiger partial charge in [-0.25, -0.2) is 14.4 Å². The molecule has 2 heterocycles. The molecule has 0 amide bonds. The van der Waals surface area contributed by atoms with E-state index >= 15 is 0 Å². The largest absolute Gasteiger partial charge is 0.452 e. The lowest BCUT2D eigenvalue weighted by Crippen LogP contribution is -2.64. The summed E-state index contributed by atoms with van der Waals surface area (Å²) in [6, 6.07) is 63.9. The van der Waals surface area contributed by atoms with Crippen molar-refractivity contribution in [2.45, 2.75) is 87.8 Å². The van der Waals surface area contributed by atoms with Crippen LogP contribution in [0.4, 0.5) is 0 Å². The van der Waals surface area contributed by atoms with Crippen molar-refractivity contribution in [1.82, 2.24) is 0 Å². The van der Waals surface area contributed by atoms with Gasteiger partial charge in [0.25, 0.3) is 0 Å². The van der Waals surface area contributed by atoms with Gasteiger partial charge >= 0.3 is 17.9 Å². The van der Waals surface area contributed by atoms with E-state index in [0.29, 0.717) is 0 Å². The fourth-order valence-electron chi connectivity index (χ4n) is 8.97. The van der Waals surface area contributed by atoms with Crippen molar-refractivity contribution in [3.8, 4) is 0 Å². The third-order valence-electron chi connectivity index (χ3n) is 12.8. The first-order chi connectivity index (χ1) is 37.4. The predicted molar refractivity (Wildman–Crippen MR) is 278 cm³/mol. The monoisotopic (exact) mass is 1030 g/mol. The van der Waals surface area contributed by atoms with Crippen molar-refractivity contribution in [1.29, 1.82) is 0 Å². The van der Waals surface area contributed by atoms with Gasteiger partial charge in [-0.1, -0.05) is 176 Å². The van der Waals surface area contributed by atoms with Crippen LogP contribution in [-0.2, 0) is 78.5 Å². The second-order valence-corrected chi connectivity index (χ2v) is 18.1. The van der Waals surface area contributed by atoms with E-state index in [9.17, 15) is 14.4 Å². The summed E-state index contributed by atoms with van der Waals surface area (Å²) in [7, 11) is 1.36. The van der Waals surface area contributed by atoms with E-state index in [1.54, 1.807) is 91.0 Å². The second-order valence-electron chi connectivity index (χ2n) is 18.1. The number of benzene rings is 7. The molecule has 76 heavy (non-hydrogen) atoms. The Morgan fingerprint density at radius 1 is 0.342 bits per heavy atom. The van der Waals surface area contributed by atoms with E-state index in [4.69, 9.17) is 52.1 Å². The summed E-state index contributed by atoms with van der Waals surface area (Å²) in [5.74, 6) is -2.32. The maximum absolute atomic E-state index is 14.2. The third-order valence-corrected chi connectivity index (χ3v) is 12.8. The molecular weight excluding hydrogens is 969 g/mol. The van der Waals surface area contributed by atoms with Crippen LogP contribution in [0.5, 0.6) is 0 Å². The minimum atomic E-state index is -1.52. The van der Waals surface area contributed by atoms with Gasteiger partial charge in [-0.3, -0.25) is 0 Å². The summed E-state index contributed by atoms with van der Waals surface area (Å²) in [5, 5.41) is 0. The number of esters is 3. The highest BCUT2D eigenvalue weighted by Gasteiger charge is 2.55. The van der Waals surface area contributed by atoms with E-state index in [0.717, 1.165) is 22.3 Å². The molecule has 1 unspecified atom stereocenters. The van der Waals surface area contributed by atoms with E-state index < -0.39 is 79.3 Å². The first-order valence-corrected chi connectivity index (χ1v) is 25.2. The summed E-state index contributed by atoms with van der Waals surface area (Å²) in [6.45, 7) is 0.495. The molecule has 0 aromatic heterocycles. The second kappa shape index (κ2) is 27.4. The van der Waals surface area contributed by atoms with Crippen LogP contribution in [0.2, 0.25) is 0 Å². The Balaban J connectivity index is 1.08. The van der Waals surface area contributed by atoms with Crippen molar-refractivity contribution in [3.63, 3.8) is 0 Å². The molecule has 14 nitrogen and oxygen atoms in total. The van der Waals surface area contributed by atoms with E-state index in [1.165, 1.54) is 7.11 Å². The minimum Gasteiger partial charge on any atom is -0.452 e.